The topological polar surface area (TPSA) is 55.3 Å². The standard InChI is InChI=1S/C21H23N3O2S/c1-13-14(2)27-21-18(13)20(22-12-23-21)24-10-8-16(9-11-24)19(25)15-4-6-17(26-3)7-5-15/h4-7,12,16H,8-11H2,1-3H3. The molecule has 0 aliphatic carbocycles. The van der Waals surface area contributed by atoms with E-state index in [1.165, 1.54) is 15.8 Å². The van der Waals surface area contributed by atoms with E-state index in [1.54, 1.807) is 24.8 Å². The molecule has 3 heterocycles. The molecular weight excluding hydrogens is 358 g/mol. The number of hydrogen-bond acceptors (Lipinski definition) is 6. The summed E-state index contributed by atoms with van der Waals surface area (Å²) in [5.74, 6) is 2.08. The zero-order chi connectivity index (χ0) is 19.0. The number of thiophene rings is 1. The van der Waals surface area contributed by atoms with Crippen molar-refractivity contribution in [1.82, 2.24) is 9.97 Å². The lowest BCUT2D eigenvalue weighted by atomic mass is 9.89. The molecule has 1 saturated heterocycles. The Morgan fingerprint density at radius 2 is 1.85 bits per heavy atom. The molecule has 0 amide bonds. The molecule has 27 heavy (non-hydrogen) atoms. The molecule has 0 atom stereocenters. The lowest BCUT2D eigenvalue weighted by Gasteiger charge is -2.32. The van der Waals surface area contributed by atoms with Crippen LogP contribution in [0.1, 0.15) is 33.6 Å². The molecular formula is C21H23N3O2S. The van der Waals surface area contributed by atoms with Crippen molar-refractivity contribution in [2.75, 3.05) is 25.1 Å². The van der Waals surface area contributed by atoms with Gasteiger partial charge in [-0.3, -0.25) is 4.79 Å². The van der Waals surface area contributed by atoms with Crippen LogP contribution in [0.5, 0.6) is 5.75 Å². The second kappa shape index (κ2) is 7.27. The molecule has 1 fully saturated rings. The minimum absolute atomic E-state index is 0.0669. The SMILES string of the molecule is COc1ccc(C(=O)C2CCN(c3ncnc4sc(C)c(C)c34)CC2)cc1. The van der Waals surface area contributed by atoms with E-state index in [0.29, 0.717) is 0 Å². The first kappa shape index (κ1) is 17.9. The molecule has 5 nitrogen and oxygen atoms in total. The third-order valence-electron chi connectivity index (χ3n) is 5.49. The lowest BCUT2D eigenvalue weighted by Crippen LogP contribution is -2.37. The number of aromatic nitrogens is 2. The number of carbonyl (C=O) groups is 1. The van der Waals surface area contributed by atoms with Gasteiger partial charge in [0.05, 0.1) is 12.5 Å². The van der Waals surface area contributed by atoms with Gasteiger partial charge in [-0.1, -0.05) is 0 Å². The molecule has 6 heteroatoms. The number of anilines is 1. The summed E-state index contributed by atoms with van der Waals surface area (Å²) in [7, 11) is 1.63. The molecule has 1 aromatic carbocycles. The number of ether oxygens (including phenoxy) is 1. The Morgan fingerprint density at radius 1 is 1.15 bits per heavy atom. The van der Waals surface area contributed by atoms with Gasteiger partial charge in [0.15, 0.2) is 5.78 Å². The van der Waals surface area contributed by atoms with Crippen LogP contribution < -0.4 is 9.64 Å². The molecule has 2 aromatic heterocycles. The Hall–Kier alpha value is -2.47. The molecule has 0 spiro atoms. The molecule has 1 aliphatic heterocycles. The van der Waals surface area contributed by atoms with Gasteiger partial charge in [0.1, 0.15) is 22.7 Å². The van der Waals surface area contributed by atoms with E-state index < -0.39 is 0 Å². The minimum atomic E-state index is 0.0669. The third kappa shape index (κ3) is 3.30. The van der Waals surface area contributed by atoms with Crippen LogP contribution in [0.3, 0.4) is 0 Å². The van der Waals surface area contributed by atoms with Crippen molar-refractivity contribution in [1.29, 1.82) is 0 Å². The first-order chi connectivity index (χ1) is 13.1. The van der Waals surface area contributed by atoms with E-state index in [4.69, 9.17) is 4.74 Å². The number of rotatable bonds is 4. The first-order valence-electron chi connectivity index (χ1n) is 9.22. The highest BCUT2D eigenvalue weighted by molar-refractivity contribution is 7.18. The second-order valence-electron chi connectivity index (χ2n) is 7.01. The highest BCUT2D eigenvalue weighted by Crippen LogP contribution is 2.36. The van der Waals surface area contributed by atoms with E-state index >= 15 is 0 Å². The number of fused-ring (bicyclic) bond motifs is 1. The summed E-state index contributed by atoms with van der Waals surface area (Å²) in [6.45, 7) is 5.95. The lowest BCUT2D eigenvalue weighted by molar-refractivity contribution is 0.0900. The third-order valence-corrected chi connectivity index (χ3v) is 6.60. The largest absolute Gasteiger partial charge is 0.497 e. The second-order valence-corrected chi connectivity index (χ2v) is 8.22. The molecule has 0 saturated carbocycles. The van der Waals surface area contributed by atoms with Gasteiger partial charge in [-0.15, -0.1) is 11.3 Å². The average Bonchev–Trinajstić information content (AvgIpc) is 3.01. The maximum Gasteiger partial charge on any atom is 0.166 e. The van der Waals surface area contributed by atoms with Crippen LogP contribution in [0, 0.1) is 19.8 Å². The number of ketones is 1. The number of aryl methyl sites for hydroxylation is 2. The number of carbonyl (C=O) groups excluding carboxylic acids is 1. The normalized spacial score (nSPS) is 15.3. The Morgan fingerprint density at radius 3 is 2.52 bits per heavy atom. The highest BCUT2D eigenvalue weighted by atomic mass is 32.1. The molecule has 3 aromatic rings. The fourth-order valence-electron chi connectivity index (χ4n) is 3.75. The van der Waals surface area contributed by atoms with Crippen molar-refractivity contribution in [3.05, 3.63) is 46.6 Å². The summed E-state index contributed by atoms with van der Waals surface area (Å²) in [4.78, 5) is 26.5. The number of methoxy groups -OCH3 is 1. The first-order valence-corrected chi connectivity index (χ1v) is 10.0. The smallest absolute Gasteiger partial charge is 0.166 e. The zero-order valence-corrected chi connectivity index (χ0v) is 16.7. The number of Topliss-reactive ketones (excluding diaryl/α,β-unsaturated/α-hetero) is 1. The van der Waals surface area contributed by atoms with E-state index in [0.717, 1.165) is 47.9 Å². The zero-order valence-electron chi connectivity index (χ0n) is 15.9. The van der Waals surface area contributed by atoms with Gasteiger partial charge < -0.3 is 9.64 Å². The van der Waals surface area contributed by atoms with Crippen LogP contribution in [0.15, 0.2) is 30.6 Å². The van der Waals surface area contributed by atoms with E-state index in [9.17, 15) is 4.79 Å². The maximum atomic E-state index is 12.8. The monoisotopic (exact) mass is 381 g/mol. The predicted molar refractivity (Wildman–Crippen MR) is 109 cm³/mol. The Labute approximate surface area is 163 Å². The van der Waals surface area contributed by atoms with Gasteiger partial charge in [-0.2, -0.15) is 0 Å². The molecule has 1 aliphatic rings. The minimum Gasteiger partial charge on any atom is -0.497 e. The predicted octanol–water partition coefficient (Wildman–Crippen LogP) is 4.42. The van der Waals surface area contributed by atoms with Crippen LogP contribution in [0.4, 0.5) is 5.82 Å². The van der Waals surface area contributed by atoms with E-state index in [-0.39, 0.29) is 11.7 Å². The van der Waals surface area contributed by atoms with Gasteiger partial charge in [-0.25, -0.2) is 9.97 Å². The van der Waals surface area contributed by atoms with Crippen molar-refractivity contribution in [3.63, 3.8) is 0 Å². The summed E-state index contributed by atoms with van der Waals surface area (Å²) in [6, 6.07) is 7.42. The van der Waals surface area contributed by atoms with E-state index in [2.05, 4.69) is 28.7 Å². The Balaban J connectivity index is 1.50. The molecule has 4 rings (SSSR count). The van der Waals surface area contributed by atoms with Crippen LogP contribution >= 0.6 is 11.3 Å². The average molecular weight is 382 g/mol. The molecule has 0 radical (unpaired) electrons. The summed E-state index contributed by atoms with van der Waals surface area (Å²) >= 11 is 1.72. The van der Waals surface area contributed by atoms with Gasteiger partial charge in [0, 0.05) is 29.4 Å². The summed E-state index contributed by atoms with van der Waals surface area (Å²) in [5.41, 5.74) is 2.03. The van der Waals surface area contributed by atoms with Gasteiger partial charge in [-0.05, 0) is 56.5 Å². The molecule has 0 bridgehead atoms. The summed E-state index contributed by atoms with van der Waals surface area (Å²) in [6.07, 6.45) is 3.35. The van der Waals surface area contributed by atoms with Gasteiger partial charge in [0.25, 0.3) is 0 Å². The van der Waals surface area contributed by atoms with Crippen molar-refractivity contribution in [2.45, 2.75) is 26.7 Å². The number of hydrogen-bond donors (Lipinski definition) is 0. The molecule has 0 N–H and O–H groups in total. The van der Waals surface area contributed by atoms with Crippen LogP contribution in [-0.2, 0) is 0 Å². The number of piperidine rings is 1. The number of nitrogens with zero attached hydrogens (tertiary/aromatic N) is 3. The quantitative estimate of drug-likeness (QED) is 0.626. The maximum absolute atomic E-state index is 12.8. The van der Waals surface area contributed by atoms with Gasteiger partial charge >= 0.3 is 0 Å². The van der Waals surface area contributed by atoms with Crippen LogP contribution in [0.25, 0.3) is 10.2 Å². The molecule has 140 valence electrons. The Bertz CT molecular complexity index is 973. The fourth-order valence-corrected chi connectivity index (χ4v) is 4.74. The van der Waals surface area contributed by atoms with Crippen molar-refractivity contribution >= 4 is 33.2 Å². The summed E-state index contributed by atoms with van der Waals surface area (Å²) < 4.78 is 5.17. The molecule has 0 unspecified atom stereocenters. The van der Waals surface area contributed by atoms with Crippen LogP contribution in [0.2, 0.25) is 0 Å². The van der Waals surface area contributed by atoms with Gasteiger partial charge in [0.2, 0.25) is 0 Å². The number of benzene rings is 1. The van der Waals surface area contributed by atoms with Crippen molar-refractivity contribution in [3.8, 4) is 5.75 Å². The van der Waals surface area contributed by atoms with E-state index in [1.807, 2.05) is 24.3 Å². The van der Waals surface area contributed by atoms with Crippen molar-refractivity contribution in [2.24, 2.45) is 5.92 Å². The van der Waals surface area contributed by atoms with Crippen molar-refractivity contribution < 1.29 is 9.53 Å². The fraction of sp³-hybridized carbons (Fsp3) is 0.381. The summed E-state index contributed by atoms with van der Waals surface area (Å²) in [5, 5.41) is 1.17. The highest BCUT2D eigenvalue weighted by Gasteiger charge is 2.28. The van der Waals surface area contributed by atoms with Crippen LogP contribution in [-0.4, -0.2) is 36.0 Å². The Kier molecular flexibility index (Phi) is 4.83.